The summed E-state index contributed by atoms with van der Waals surface area (Å²) in [6.45, 7) is -0.227. The van der Waals surface area contributed by atoms with E-state index in [-0.39, 0.29) is 23.8 Å². The van der Waals surface area contributed by atoms with Gasteiger partial charge in [0.25, 0.3) is 5.91 Å². The van der Waals surface area contributed by atoms with E-state index in [1.54, 1.807) is 17.5 Å². The Morgan fingerprint density at radius 2 is 1.79 bits per heavy atom. The van der Waals surface area contributed by atoms with Crippen molar-refractivity contribution in [1.29, 1.82) is 0 Å². The van der Waals surface area contributed by atoms with Gasteiger partial charge in [0.2, 0.25) is 5.91 Å². The summed E-state index contributed by atoms with van der Waals surface area (Å²) in [7, 11) is 4.52. The van der Waals surface area contributed by atoms with Crippen LogP contribution in [0.4, 0.5) is 20.2 Å². The molecular weight excluding hydrogens is 336 g/mol. The lowest BCUT2D eigenvalue weighted by Gasteiger charge is -2.18. The van der Waals surface area contributed by atoms with Gasteiger partial charge in [-0.05, 0) is 23.6 Å². The van der Waals surface area contributed by atoms with E-state index in [0.29, 0.717) is 4.88 Å². The van der Waals surface area contributed by atoms with Gasteiger partial charge >= 0.3 is 0 Å². The smallest absolute Gasteiger partial charge is 0.264 e. The van der Waals surface area contributed by atoms with Crippen molar-refractivity contribution >= 4 is 34.5 Å². The van der Waals surface area contributed by atoms with Crippen LogP contribution in [-0.4, -0.2) is 44.4 Å². The van der Waals surface area contributed by atoms with Crippen molar-refractivity contribution in [3.8, 4) is 0 Å². The average molecular weight is 353 g/mol. The number of hydrogen-bond donors (Lipinski definition) is 1. The molecule has 1 aromatic heterocycles. The molecule has 0 aliphatic rings. The number of amides is 2. The monoisotopic (exact) mass is 353 g/mol. The highest BCUT2D eigenvalue weighted by Gasteiger charge is 2.17. The highest BCUT2D eigenvalue weighted by atomic mass is 32.1. The van der Waals surface area contributed by atoms with Gasteiger partial charge in [-0.1, -0.05) is 6.07 Å². The molecule has 0 atom stereocenters. The fourth-order valence-corrected chi connectivity index (χ4v) is 2.86. The molecule has 1 N–H and O–H groups in total. The Morgan fingerprint density at radius 1 is 1.17 bits per heavy atom. The maximum absolute atomic E-state index is 13.9. The molecule has 1 heterocycles. The highest BCUT2D eigenvalue weighted by molar-refractivity contribution is 7.12. The van der Waals surface area contributed by atoms with E-state index in [2.05, 4.69) is 5.32 Å². The maximum atomic E-state index is 13.9. The van der Waals surface area contributed by atoms with Gasteiger partial charge in [0.15, 0.2) is 11.6 Å². The van der Waals surface area contributed by atoms with Gasteiger partial charge in [0.1, 0.15) is 5.69 Å². The van der Waals surface area contributed by atoms with Crippen LogP contribution in [0.25, 0.3) is 0 Å². The third kappa shape index (κ3) is 4.08. The number of anilines is 2. The van der Waals surface area contributed by atoms with Crippen LogP contribution in [0.3, 0.4) is 0 Å². The Balaban J connectivity index is 2.03. The van der Waals surface area contributed by atoms with Gasteiger partial charge in [-0.15, -0.1) is 11.3 Å². The number of carbonyl (C=O) groups excluding carboxylic acids is 2. The van der Waals surface area contributed by atoms with Crippen molar-refractivity contribution in [3.63, 3.8) is 0 Å². The summed E-state index contributed by atoms with van der Waals surface area (Å²) in [4.78, 5) is 27.1. The number of likely N-dealkylation sites (N-methyl/N-ethyl adjacent to an activating group) is 1. The molecule has 24 heavy (non-hydrogen) atoms. The first kappa shape index (κ1) is 17.9. The van der Waals surface area contributed by atoms with Crippen molar-refractivity contribution in [3.05, 3.63) is 46.2 Å². The van der Waals surface area contributed by atoms with E-state index >= 15 is 0 Å². The molecule has 128 valence electrons. The van der Waals surface area contributed by atoms with Crippen LogP contribution < -0.4 is 10.2 Å². The predicted octanol–water partition coefficient (Wildman–Crippen LogP) is 2.80. The molecule has 0 spiro atoms. The second-order valence-corrected chi connectivity index (χ2v) is 6.32. The van der Waals surface area contributed by atoms with Crippen LogP contribution >= 0.6 is 11.3 Å². The normalized spacial score (nSPS) is 10.4. The summed E-state index contributed by atoms with van der Waals surface area (Å²) in [6.07, 6.45) is 0. The van der Waals surface area contributed by atoms with Crippen LogP contribution in [-0.2, 0) is 4.79 Å². The SMILES string of the molecule is CN(CC(=O)Nc1cc(F)c(N(C)C)c(F)c1)C(=O)c1cccs1. The number of nitrogens with zero attached hydrogens (tertiary/aromatic N) is 2. The van der Waals surface area contributed by atoms with Crippen LogP contribution in [0, 0.1) is 11.6 Å². The lowest BCUT2D eigenvalue weighted by molar-refractivity contribution is -0.116. The number of benzene rings is 1. The summed E-state index contributed by atoms with van der Waals surface area (Å²) in [6, 6.07) is 5.48. The van der Waals surface area contributed by atoms with Crippen LogP contribution in [0.2, 0.25) is 0 Å². The van der Waals surface area contributed by atoms with Crippen LogP contribution in [0.15, 0.2) is 29.6 Å². The van der Waals surface area contributed by atoms with Crippen LogP contribution in [0.1, 0.15) is 9.67 Å². The molecule has 0 aliphatic heterocycles. The van der Waals surface area contributed by atoms with E-state index in [1.165, 1.54) is 42.3 Å². The summed E-state index contributed by atoms with van der Waals surface area (Å²) < 4.78 is 27.8. The van der Waals surface area contributed by atoms with Gasteiger partial charge in [0, 0.05) is 26.8 Å². The molecule has 0 aliphatic carbocycles. The minimum Gasteiger partial charge on any atom is -0.373 e. The molecule has 0 unspecified atom stereocenters. The molecule has 0 saturated heterocycles. The van der Waals surface area contributed by atoms with Gasteiger partial charge in [-0.3, -0.25) is 9.59 Å². The zero-order valence-corrected chi connectivity index (χ0v) is 14.3. The van der Waals surface area contributed by atoms with Crippen molar-refractivity contribution in [2.45, 2.75) is 0 Å². The number of thiophene rings is 1. The topological polar surface area (TPSA) is 52.7 Å². The second kappa shape index (κ2) is 7.39. The molecule has 2 rings (SSSR count). The lowest BCUT2D eigenvalue weighted by Crippen LogP contribution is -2.34. The molecule has 1 aromatic carbocycles. The minimum absolute atomic E-state index is 0.00225. The Kier molecular flexibility index (Phi) is 5.50. The summed E-state index contributed by atoms with van der Waals surface area (Å²) in [5, 5.41) is 4.16. The van der Waals surface area contributed by atoms with Gasteiger partial charge < -0.3 is 15.1 Å². The lowest BCUT2D eigenvalue weighted by atomic mass is 10.2. The fourth-order valence-electron chi connectivity index (χ4n) is 2.14. The molecule has 2 aromatic rings. The van der Waals surface area contributed by atoms with E-state index < -0.39 is 17.5 Å². The molecule has 0 bridgehead atoms. The number of carbonyl (C=O) groups is 2. The van der Waals surface area contributed by atoms with Crippen molar-refractivity contribution < 1.29 is 18.4 Å². The Labute approximate surface area is 142 Å². The van der Waals surface area contributed by atoms with E-state index in [9.17, 15) is 18.4 Å². The average Bonchev–Trinajstić information content (AvgIpc) is 2.98. The number of halogens is 2. The summed E-state index contributed by atoms with van der Waals surface area (Å²) in [5.74, 6) is -2.39. The van der Waals surface area contributed by atoms with Crippen molar-refractivity contribution in [2.24, 2.45) is 0 Å². The molecule has 0 saturated carbocycles. The zero-order valence-electron chi connectivity index (χ0n) is 13.5. The van der Waals surface area contributed by atoms with Crippen LogP contribution in [0.5, 0.6) is 0 Å². The summed E-state index contributed by atoms with van der Waals surface area (Å²) in [5.41, 5.74) is -0.185. The molecule has 5 nitrogen and oxygen atoms in total. The molecule has 8 heteroatoms. The van der Waals surface area contributed by atoms with E-state index in [0.717, 1.165) is 12.1 Å². The third-order valence-electron chi connectivity index (χ3n) is 3.21. The van der Waals surface area contributed by atoms with E-state index in [1.807, 2.05) is 0 Å². The van der Waals surface area contributed by atoms with Crippen molar-refractivity contribution in [1.82, 2.24) is 4.90 Å². The molecule has 2 amide bonds. The Bertz CT molecular complexity index is 725. The zero-order chi connectivity index (χ0) is 17.9. The molecule has 0 radical (unpaired) electrons. The largest absolute Gasteiger partial charge is 0.373 e. The second-order valence-electron chi connectivity index (χ2n) is 5.37. The standard InChI is InChI=1S/C16H17F2N3O2S/c1-20(2)15-11(17)7-10(8-12(15)18)19-14(22)9-21(3)16(23)13-5-4-6-24-13/h4-8H,9H2,1-3H3,(H,19,22). The third-order valence-corrected chi connectivity index (χ3v) is 4.07. The highest BCUT2D eigenvalue weighted by Crippen LogP contribution is 2.25. The quantitative estimate of drug-likeness (QED) is 0.899. The number of hydrogen-bond acceptors (Lipinski definition) is 4. The van der Waals surface area contributed by atoms with Crippen molar-refractivity contribution in [2.75, 3.05) is 37.9 Å². The van der Waals surface area contributed by atoms with Gasteiger partial charge in [-0.2, -0.15) is 0 Å². The fraction of sp³-hybridized carbons (Fsp3) is 0.250. The Morgan fingerprint density at radius 3 is 2.29 bits per heavy atom. The summed E-state index contributed by atoms with van der Waals surface area (Å²) >= 11 is 1.27. The first-order valence-electron chi connectivity index (χ1n) is 7.04. The van der Waals surface area contributed by atoms with Gasteiger partial charge in [-0.25, -0.2) is 8.78 Å². The molecular formula is C16H17F2N3O2S. The minimum atomic E-state index is -0.779. The number of nitrogens with one attached hydrogen (secondary N) is 1. The number of rotatable bonds is 5. The molecule has 0 fully saturated rings. The maximum Gasteiger partial charge on any atom is 0.264 e. The van der Waals surface area contributed by atoms with Gasteiger partial charge in [0.05, 0.1) is 11.4 Å². The first-order chi connectivity index (χ1) is 11.3. The predicted molar refractivity (Wildman–Crippen MR) is 90.6 cm³/mol. The van der Waals surface area contributed by atoms with E-state index in [4.69, 9.17) is 0 Å². The Hall–Kier alpha value is -2.48. The first-order valence-corrected chi connectivity index (χ1v) is 7.92.